The molecule has 0 aliphatic carbocycles. The molecule has 2 rings (SSSR count). The van der Waals surface area contributed by atoms with Crippen LogP contribution in [-0.4, -0.2) is 11.7 Å². The van der Waals surface area contributed by atoms with Crippen LogP contribution in [0, 0.1) is 0 Å². The molecule has 122 valence electrons. The summed E-state index contributed by atoms with van der Waals surface area (Å²) in [5.74, 6) is 0.879. The lowest BCUT2D eigenvalue weighted by Gasteiger charge is -2.26. The average molecular weight is 330 g/mol. The Labute approximate surface area is 141 Å². The molecule has 0 heterocycles. The Morgan fingerprint density at radius 3 is 2.57 bits per heavy atom. The third-order valence-corrected chi connectivity index (χ3v) is 4.92. The summed E-state index contributed by atoms with van der Waals surface area (Å²) in [6, 6.07) is 17.2. The molecule has 0 fully saturated rings. The molecule has 4 nitrogen and oxygen atoms in total. The highest BCUT2D eigenvalue weighted by molar-refractivity contribution is 8.00. The number of ether oxygens (including phenoxy) is 1. The van der Waals surface area contributed by atoms with Gasteiger partial charge in [0.2, 0.25) is 0 Å². The van der Waals surface area contributed by atoms with Crippen LogP contribution in [0.1, 0.15) is 24.5 Å². The first-order valence-corrected chi connectivity index (χ1v) is 8.55. The Bertz CT molecular complexity index is 648. The fourth-order valence-corrected chi connectivity index (χ4v) is 3.08. The molecule has 2 aromatic rings. The number of amides is 1. The molecule has 1 unspecified atom stereocenters. The zero-order valence-electron chi connectivity index (χ0n) is 13.2. The molecule has 1 amide bonds. The van der Waals surface area contributed by atoms with E-state index in [-0.39, 0.29) is 0 Å². The molecular formula is C18H22N2O2S. The van der Waals surface area contributed by atoms with Crippen LogP contribution in [0.5, 0.6) is 5.75 Å². The van der Waals surface area contributed by atoms with Crippen molar-refractivity contribution in [1.29, 1.82) is 0 Å². The van der Waals surface area contributed by atoms with Gasteiger partial charge in [-0.1, -0.05) is 49.4 Å². The number of hydrogen-bond donors (Lipinski definition) is 2. The van der Waals surface area contributed by atoms with Crippen LogP contribution >= 0.6 is 11.8 Å². The van der Waals surface area contributed by atoms with Gasteiger partial charge in [0.15, 0.2) is 4.87 Å². The van der Waals surface area contributed by atoms with E-state index in [1.165, 1.54) is 11.8 Å². The van der Waals surface area contributed by atoms with E-state index < -0.39 is 10.8 Å². The van der Waals surface area contributed by atoms with Crippen molar-refractivity contribution in [3.05, 3.63) is 65.7 Å². The fourth-order valence-electron chi connectivity index (χ4n) is 2.12. The largest absolute Gasteiger partial charge is 0.489 e. The van der Waals surface area contributed by atoms with Gasteiger partial charge >= 0.3 is 0 Å². The average Bonchev–Trinajstić information content (AvgIpc) is 2.59. The summed E-state index contributed by atoms with van der Waals surface area (Å²) < 4.78 is 5.80. The summed E-state index contributed by atoms with van der Waals surface area (Å²) in [7, 11) is 0. The van der Waals surface area contributed by atoms with Gasteiger partial charge < -0.3 is 16.2 Å². The number of carbonyl (C=O) groups is 1. The second kappa shape index (κ2) is 8.04. The molecule has 0 aliphatic heterocycles. The SMILES string of the molecule is CCCSC(N)(C(N)=O)c1cccc(OCc2ccccc2)c1. The van der Waals surface area contributed by atoms with Crippen molar-refractivity contribution in [2.45, 2.75) is 24.8 Å². The van der Waals surface area contributed by atoms with E-state index in [1.807, 2.05) is 55.5 Å². The maximum absolute atomic E-state index is 11.9. The zero-order chi connectivity index (χ0) is 16.7. The van der Waals surface area contributed by atoms with E-state index >= 15 is 0 Å². The summed E-state index contributed by atoms with van der Waals surface area (Å²) in [6.45, 7) is 2.49. The van der Waals surface area contributed by atoms with E-state index in [2.05, 4.69) is 0 Å². The summed E-state index contributed by atoms with van der Waals surface area (Å²) >= 11 is 1.36. The van der Waals surface area contributed by atoms with Crippen molar-refractivity contribution in [2.24, 2.45) is 11.5 Å². The molecule has 0 saturated heterocycles. The van der Waals surface area contributed by atoms with Crippen LogP contribution < -0.4 is 16.2 Å². The minimum Gasteiger partial charge on any atom is -0.489 e. The molecule has 2 aromatic carbocycles. The molecule has 0 aliphatic rings. The van der Waals surface area contributed by atoms with Crippen molar-refractivity contribution in [1.82, 2.24) is 0 Å². The Kier molecular flexibility index (Phi) is 6.07. The van der Waals surface area contributed by atoms with Crippen LogP contribution in [0.4, 0.5) is 0 Å². The normalized spacial score (nSPS) is 13.3. The lowest BCUT2D eigenvalue weighted by molar-refractivity contribution is -0.120. The first-order valence-electron chi connectivity index (χ1n) is 7.56. The highest BCUT2D eigenvalue weighted by Gasteiger charge is 2.34. The van der Waals surface area contributed by atoms with E-state index in [4.69, 9.17) is 16.2 Å². The Balaban J connectivity index is 2.15. The number of benzene rings is 2. The third kappa shape index (κ3) is 4.50. The van der Waals surface area contributed by atoms with E-state index in [0.717, 1.165) is 17.7 Å². The van der Waals surface area contributed by atoms with Gasteiger partial charge in [0, 0.05) is 0 Å². The molecule has 4 N–H and O–H groups in total. The minimum atomic E-state index is -1.23. The van der Waals surface area contributed by atoms with Gasteiger partial charge in [-0.2, -0.15) is 0 Å². The first-order chi connectivity index (χ1) is 11.1. The van der Waals surface area contributed by atoms with Gasteiger partial charge in [-0.25, -0.2) is 0 Å². The molecule has 0 aromatic heterocycles. The fraction of sp³-hybridized carbons (Fsp3) is 0.278. The molecule has 23 heavy (non-hydrogen) atoms. The Morgan fingerprint density at radius 2 is 1.91 bits per heavy atom. The monoisotopic (exact) mass is 330 g/mol. The molecular weight excluding hydrogens is 308 g/mol. The van der Waals surface area contributed by atoms with Crippen molar-refractivity contribution >= 4 is 17.7 Å². The van der Waals surface area contributed by atoms with Gasteiger partial charge in [0.25, 0.3) is 5.91 Å². The van der Waals surface area contributed by atoms with Crippen molar-refractivity contribution in [3.8, 4) is 5.75 Å². The quantitative estimate of drug-likeness (QED) is 0.729. The van der Waals surface area contributed by atoms with Crippen LogP contribution in [0.3, 0.4) is 0 Å². The Morgan fingerprint density at radius 1 is 1.17 bits per heavy atom. The topological polar surface area (TPSA) is 78.3 Å². The van der Waals surface area contributed by atoms with Crippen molar-refractivity contribution < 1.29 is 9.53 Å². The van der Waals surface area contributed by atoms with Gasteiger partial charge in [0.1, 0.15) is 12.4 Å². The van der Waals surface area contributed by atoms with Crippen LogP contribution in [0.15, 0.2) is 54.6 Å². The smallest absolute Gasteiger partial charge is 0.252 e. The molecule has 0 bridgehead atoms. The highest BCUT2D eigenvalue weighted by Crippen LogP contribution is 2.33. The lowest BCUT2D eigenvalue weighted by Crippen LogP contribution is -2.46. The molecule has 0 spiro atoms. The molecule has 1 atom stereocenters. The van der Waals surface area contributed by atoms with E-state index in [0.29, 0.717) is 17.9 Å². The summed E-state index contributed by atoms with van der Waals surface area (Å²) in [6.07, 6.45) is 0.918. The number of rotatable bonds is 8. The predicted octanol–water partition coefficient (Wildman–Crippen LogP) is 3.01. The molecule has 5 heteroatoms. The summed E-state index contributed by atoms with van der Waals surface area (Å²) in [4.78, 5) is 10.6. The van der Waals surface area contributed by atoms with Crippen LogP contribution in [0.2, 0.25) is 0 Å². The zero-order valence-corrected chi connectivity index (χ0v) is 14.0. The summed E-state index contributed by atoms with van der Waals surface area (Å²) in [5.41, 5.74) is 13.5. The van der Waals surface area contributed by atoms with E-state index in [9.17, 15) is 4.79 Å². The summed E-state index contributed by atoms with van der Waals surface area (Å²) in [5, 5.41) is 0. The Hall–Kier alpha value is -1.98. The third-order valence-electron chi connectivity index (χ3n) is 3.41. The van der Waals surface area contributed by atoms with Gasteiger partial charge in [-0.15, -0.1) is 11.8 Å². The standard InChI is InChI=1S/C18H22N2O2S/c1-2-11-23-18(20,17(19)21)15-9-6-10-16(12-15)22-13-14-7-4-3-5-8-14/h3-10,12H,2,11,13,20H2,1H3,(H2,19,21). The number of thioether (sulfide) groups is 1. The molecule has 0 saturated carbocycles. The van der Waals surface area contributed by atoms with Gasteiger partial charge in [0.05, 0.1) is 0 Å². The molecule has 0 radical (unpaired) electrons. The number of hydrogen-bond acceptors (Lipinski definition) is 4. The lowest BCUT2D eigenvalue weighted by atomic mass is 10.1. The predicted molar refractivity (Wildman–Crippen MR) is 95.0 cm³/mol. The highest BCUT2D eigenvalue weighted by atomic mass is 32.2. The second-order valence-electron chi connectivity index (χ2n) is 5.25. The van der Waals surface area contributed by atoms with Gasteiger partial charge in [-0.3, -0.25) is 4.79 Å². The minimum absolute atomic E-state index is 0.459. The maximum Gasteiger partial charge on any atom is 0.252 e. The van der Waals surface area contributed by atoms with Gasteiger partial charge in [-0.05, 0) is 35.4 Å². The first kappa shape index (κ1) is 17.4. The number of carbonyl (C=O) groups excluding carboxylic acids is 1. The number of primary amides is 1. The van der Waals surface area contributed by atoms with Crippen molar-refractivity contribution in [2.75, 3.05) is 5.75 Å². The number of nitrogens with two attached hydrogens (primary N) is 2. The van der Waals surface area contributed by atoms with Crippen molar-refractivity contribution in [3.63, 3.8) is 0 Å². The maximum atomic E-state index is 11.9. The second-order valence-corrected chi connectivity index (χ2v) is 6.59. The van der Waals surface area contributed by atoms with E-state index in [1.54, 1.807) is 6.07 Å². The van der Waals surface area contributed by atoms with Crippen LogP contribution in [0.25, 0.3) is 0 Å². The van der Waals surface area contributed by atoms with Crippen LogP contribution in [-0.2, 0) is 16.3 Å².